The molecule has 0 spiro atoms. The number of anilines is 1. The van der Waals surface area contributed by atoms with E-state index < -0.39 is 0 Å². The number of carbonyl (C=O) groups excluding carboxylic acids is 2. The minimum atomic E-state index is -0.319. The van der Waals surface area contributed by atoms with Gasteiger partial charge < -0.3 is 15.3 Å². The van der Waals surface area contributed by atoms with Crippen LogP contribution in [0.5, 0.6) is 5.75 Å². The van der Waals surface area contributed by atoms with Gasteiger partial charge >= 0.3 is 0 Å². The molecule has 1 atom stereocenters. The predicted molar refractivity (Wildman–Crippen MR) is 99.1 cm³/mol. The molecule has 2 aromatic rings. The molecular formula is C20H23N3O3. The Bertz CT molecular complexity index is 815. The molecule has 0 radical (unpaired) electrons. The van der Waals surface area contributed by atoms with Gasteiger partial charge in [0.2, 0.25) is 5.91 Å². The van der Waals surface area contributed by atoms with Crippen LogP contribution >= 0.6 is 0 Å². The molecule has 0 aliphatic carbocycles. The number of pyridine rings is 1. The SMILES string of the molecule is Cc1cc(C)cc(C(=O)N2CCCC(C(=O)Nc3ncccc3O)C2)c1. The molecule has 1 aliphatic rings. The molecule has 2 N–H and O–H groups in total. The van der Waals surface area contributed by atoms with Crippen LogP contribution in [0.3, 0.4) is 0 Å². The molecule has 1 unspecified atom stereocenters. The number of nitrogens with zero attached hydrogens (tertiary/aromatic N) is 2. The van der Waals surface area contributed by atoms with Crippen molar-refractivity contribution in [2.24, 2.45) is 5.92 Å². The molecule has 1 aromatic carbocycles. The number of aromatic hydroxyl groups is 1. The summed E-state index contributed by atoms with van der Waals surface area (Å²) in [5, 5.41) is 12.4. The van der Waals surface area contributed by atoms with Crippen molar-refractivity contribution in [3.05, 3.63) is 53.2 Å². The second-order valence-corrected chi connectivity index (χ2v) is 6.83. The molecule has 0 bridgehead atoms. The Morgan fingerprint density at radius 1 is 1.23 bits per heavy atom. The van der Waals surface area contributed by atoms with Crippen molar-refractivity contribution in [3.8, 4) is 5.75 Å². The molecule has 1 aliphatic heterocycles. The fraction of sp³-hybridized carbons (Fsp3) is 0.350. The zero-order valence-electron chi connectivity index (χ0n) is 15.0. The van der Waals surface area contributed by atoms with Gasteiger partial charge in [-0.3, -0.25) is 9.59 Å². The van der Waals surface area contributed by atoms with Gasteiger partial charge in [0.05, 0.1) is 5.92 Å². The Balaban J connectivity index is 1.69. The maximum Gasteiger partial charge on any atom is 0.253 e. The molecule has 2 heterocycles. The predicted octanol–water partition coefficient (Wildman–Crippen LogP) is 2.89. The van der Waals surface area contributed by atoms with Crippen LogP contribution in [0, 0.1) is 19.8 Å². The number of nitrogens with one attached hydrogen (secondary N) is 1. The van der Waals surface area contributed by atoms with Crippen molar-refractivity contribution >= 4 is 17.6 Å². The lowest BCUT2D eigenvalue weighted by Crippen LogP contribution is -2.43. The van der Waals surface area contributed by atoms with Crippen molar-refractivity contribution in [1.29, 1.82) is 0 Å². The normalized spacial score (nSPS) is 17.0. The van der Waals surface area contributed by atoms with Crippen molar-refractivity contribution in [3.63, 3.8) is 0 Å². The summed E-state index contributed by atoms with van der Waals surface area (Å²) < 4.78 is 0. The number of aromatic nitrogens is 1. The van der Waals surface area contributed by atoms with Crippen LogP contribution in [0.25, 0.3) is 0 Å². The van der Waals surface area contributed by atoms with Crippen molar-refractivity contribution in [1.82, 2.24) is 9.88 Å². The maximum atomic E-state index is 12.8. The van der Waals surface area contributed by atoms with Gasteiger partial charge in [0.25, 0.3) is 5.91 Å². The number of piperidine rings is 1. The number of likely N-dealkylation sites (tertiary alicyclic amines) is 1. The molecule has 0 saturated carbocycles. The first-order valence-electron chi connectivity index (χ1n) is 8.76. The second kappa shape index (κ2) is 7.56. The van der Waals surface area contributed by atoms with Gasteiger partial charge in [-0.15, -0.1) is 0 Å². The molecule has 6 nitrogen and oxygen atoms in total. The second-order valence-electron chi connectivity index (χ2n) is 6.83. The van der Waals surface area contributed by atoms with Crippen molar-refractivity contribution < 1.29 is 14.7 Å². The number of benzene rings is 1. The standard InChI is InChI=1S/C20H23N3O3/c1-13-9-14(2)11-16(10-13)20(26)23-8-4-5-15(12-23)19(25)22-18-17(24)6-3-7-21-18/h3,6-7,9-11,15,24H,4-5,8,12H2,1-2H3,(H,21,22,25). The van der Waals surface area contributed by atoms with Gasteiger partial charge in [-0.1, -0.05) is 17.2 Å². The summed E-state index contributed by atoms with van der Waals surface area (Å²) in [4.78, 5) is 31.1. The summed E-state index contributed by atoms with van der Waals surface area (Å²) in [7, 11) is 0. The zero-order chi connectivity index (χ0) is 18.7. The first-order valence-corrected chi connectivity index (χ1v) is 8.76. The van der Waals surface area contributed by atoms with Crippen LogP contribution < -0.4 is 5.32 Å². The third-order valence-corrected chi connectivity index (χ3v) is 4.58. The molecule has 1 aromatic heterocycles. The number of carbonyl (C=O) groups is 2. The number of hydrogen-bond acceptors (Lipinski definition) is 4. The zero-order valence-corrected chi connectivity index (χ0v) is 15.0. The smallest absolute Gasteiger partial charge is 0.253 e. The largest absolute Gasteiger partial charge is 0.504 e. The van der Waals surface area contributed by atoms with E-state index in [9.17, 15) is 14.7 Å². The van der Waals surface area contributed by atoms with E-state index in [1.807, 2.05) is 32.0 Å². The first kappa shape index (κ1) is 17.9. The van der Waals surface area contributed by atoms with Crippen LogP contribution in [0.1, 0.15) is 34.3 Å². The van der Waals surface area contributed by atoms with E-state index >= 15 is 0 Å². The quantitative estimate of drug-likeness (QED) is 0.889. The fourth-order valence-electron chi connectivity index (χ4n) is 3.37. The molecule has 6 heteroatoms. The molecule has 1 fully saturated rings. The Morgan fingerprint density at radius 2 is 1.96 bits per heavy atom. The monoisotopic (exact) mass is 353 g/mol. The highest BCUT2D eigenvalue weighted by molar-refractivity contribution is 5.96. The van der Waals surface area contributed by atoms with Crippen LogP contribution in [-0.2, 0) is 4.79 Å². The highest BCUT2D eigenvalue weighted by atomic mass is 16.3. The lowest BCUT2D eigenvalue weighted by Gasteiger charge is -2.32. The molecule has 136 valence electrons. The van der Waals surface area contributed by atoms with E-state index in [0.29, 0.717) is 25.1 Å². The number of rotatable bonds is 3. The number of amides is 2. The lowest BCUT2D eigenvalue weighted by molar-refractivity contribution is -0.121. The average Bonchev–Trinajstić information content (AvgIpc) is 2.62. The summed E-state index contributed by atoms with van der Waals surface area (Å²) in [6.45, 7) is 4.95. The van der Waals surface area contributed by atoms with Gasteiger partial charge in [0, 0.05) is 24.8 Å². The minimum Gasteiger partial charge on any atom is -0.504 e. The Hall–Kier alpha value is -2.89. The molecule has 3 rings (SSSR count). The van der Waals surface area contributed by atoms with Gasteiger partial charge in [-0.2, -0.15) is 0 Å². The van der Waals surface area contributed by atoms with Crippen LogP contribution in [0.15, 0.2) is 36.5 Å². The molecule has 26 heavy (non-hydrogen) atoms. The third-order valence-electron chi connectivity index (χ3n) is 4.58. The fourth-order valence-corrected chi connectivity index (χ4v) is 3.37. The summed E-state index contributed by atoms with van der Waals surface area (Å²) in [6.07, 6.45) is 2.98. The summed E-state index contributed by atoms with van der Waals surface area (Å²) >= 11 is 0. The highest BCUT2D eigenvalue weighted by Crippen LogP contribution is 2.23. The number of aryl methyl sites for hydroxylation is 2. The van der Waals surface area contributed by atoms with E-state index in [1.54, 1.807) is 11.0 Å². The van der Waals surface area contributed by atoms with E-state index in [4.69, 9.17) is 0 Å². The van der Waals surface area contributed by atoms with Gasteiger partial charge in [-0.05, 0) is 51.0 Å². The Morgan fingerprint density at radius 3 is 2.65 bits per heavy atom. The summed E-state index contributed by atoms with van der Waals surface area (Å²) in [5.74, 6) is -0.512. The van der Waals surface area contributed by atoms with E-state index in [-0.39, 0.29) is 29.3 Å². The topological polar surface area (TPSA) is 82.5 Å². The summed E-state index contributed by atoms with van der Waals surface area (Å²) in [5.41, 5.74) is 2.75. The lowest BCUT2D eigenvalue weighted by atomic mass is 9.96. The van der Waals surface area contributed by atoms with Crippen LogP contribution in [0.2, 0.25) is 0 Å². The molecule has 2 amide bonds. The van der Waals surface area contributed by atoms with Gasteiger partial charge in [-0.25, -0.2) is 4.98 Å². The Kier molecular flexibility index (Phi) is 5.21. The summed E-state index contributed by atoms with van der Waals surface area (Å²) in [6, 6.07) is 8.85. The minimum absolute atomic E-state index is 0.0463. The van der Waals surface area contributed by atoms with Crippen molar-refractivity contribution in [2.45, 2.75) is 26.7 Å². The third kappa shape index (κ3) is 4.02. The number of hydrogen-bond donors (Lipinski definition) is 2. The van der Waals surface area contributed by atoms with Gasteiger partial charge in [0.1, 0.15) is 0 Å². The molecular weight excluding hydrogens is 330 g/mol. The average molecular weight is 353 g/mol. The molecule has 1 saturated heterocycles. The highest BCUT2D eigenvalue weighted by Gasteiger charge is 2.29. The van der Waals surface area contributed by atoms with Gasteiger partial charge in [0.15, 0.2) is 11.6 Å². The van der Waals surface area contributed by atoms with E-state index in [0.717, 1.165) is 17.5 Å². The van der Waals surface area contributed by atoms with E-state index in [2.05, 4.69) is 10.3 Å². The first-order chi connectivity index (χ1) is 12.4. The Labute approximate surface area is 152 Å². The van der Waals surface area contributed by atoms with Crippen LogP contribution in [-0.4, -0.2) is 39.9 Å². The van der Waals surface area contributed by atoms with Crippen molar-refractivity contribution in [2.75, 3.05) is 18.4 Å². The maximum absolute atomic E-state index is 12.8. The van der Waals surface area contributed by atoms with Crippen LogP contribution in [0.4, 0.5) is 5.82 Å². The van der Waals surface area contributed by atoms with E-state index in [1.165, 1.54) is 12.3 Å².